The van der Waals surface area contributed by atoms with Gasteiger partial charge in [-0.25, -0.2) is 0 Å². The van der Waals surface area contributed by atoms with Gasteiger partial charge in [0.15, 0.2) is 0 Å². The van der Waals surface area contributed by atoms with Gasteiger partial charge in [-0.05, 0) is 60.8 Å². The van der Waals surface area contributed by atoms with Crippen molar-refractivity contribution in [2.45, 2.75) is 0 Å². The van der Waals surface area contributed by atoms with E-state index in [-0.39, 0.29) is 34.4 Å². The summed E-state index contributed by atoms with van der Waals surface area (Å²) in [6.45, 7) is 7.05. The average molecular weight is 592 g/mol. The van der Waals surface area contributed by atoms with Gasteiger partial charge in [0.1, 0.15) is 0 Å². The summed E-state index contributed by atoms with van der Waals surface area (Å²) < 4.78 is 0. The third-order valence-electron chi connectivity index (χ3n) is 5.75. The van der Waals surface area contributed by atoms with Crippen molar-refractivity contribution in [2.24, 2.45) is 0 Å². The highest BCUT2D eigenvalue weighted by molar-refractivity contribution is 7.80. The molecular formula is C26H21N7O6S2. The van der Waals surface area contributed by atoms with Crippen LogP contribution >= 0.6 is 24.4 Å². The van der Waals surface area contributed by atoms with Crippen molar-refractivity contribution in [3.63, 3.8) is 0 Å². The fourth-order valence-corrected chi connectivity index (χ4v) is 4.34. The van der Waals surface area contributed by atoms with E-state index in [0.717, 1.165) is 9.80 Å². The summed E-state index contributed by atoms with van der Waals surface area (Å²) in [6.07, 6.45) is 2.80. The van der Waals surface area contributed by atoms with Gasteiger partial charge in [-0.2, -0.15) is 10.0 Å². The summed E-state index contributed by atoms with van der Waals surface area (Å²) >= 11 is 10.3. The zero-order valence-electron chi connectivity index (χ0n) is 21.2. The minimum Gasteiger partial charge on any atom is -0.355 e. The number of para-hydroxylation sites is 1. The molecule has 2 saturated heterocycles. The van der Waals surface area contributed by atoms with Gasteiger partial charge in [0.25, 0.3) is 11.8 Å². The summed E-state index contributed by atoms with van der Waals surface area (Å²) in [5, 5.41) is 4.11. The lowest BCUT2D eigenvalue weighted by atomic mass is 10.1. The lowest BCUT2D eigenvalue weighted by molar-refractivity contribution is -0.143. The van der Waals surface area contributed by atoms with Crippen molar-refractivity contribution in [1.82, 2.24) is 30.7 Å². The molecule has 3 N–H and O–H groups in total. The average Bonchev–Trinajstić information content (AvgIpc) is 3.28. The molecule has 208 valence electrons. The van der Waals surface area contributed by atoms with Crippen LogP contribution in [0.1, 0.15) is 20.7 Å². The summed E-state index contributed by atoms with van der Waals surface area (Å²) in [6, 6.07) is 12.4. The van der Waals surface area contributed by atoms with Gasteiger partial charge in [0.2, 0.25) is 10.2 Å². The maximum absolute atomic E-state index is 13.0. The van der Waals surface area contributed by atoms with Gasteiger partial charge < -0.3 is 5.32 Å². The topological polar surface area (TPSA) is 151 Å². The summed E-state index contributed by atoms with van der Waals surface area (Å²) in [4.78, 5) is 76.6. The molecule has 0 spiro atoms. The second-order valence-corrected chi connectivity index (χ2v) is 9.12. The Morgan fingerprint density at radius 3 is 1.71 bits per heavy atom. The fourth-order valence-electron chi connectivity index (χ4n) is 3.77. The fraction of sp³-hybridized carbons (Fsp3) is 0.0769. The first kappa shape index (κ1) is 28.7. The second kappa shape index (κ2) is 11.8. The minimum absolute atomic E-state index is 0.00876. The van der Waals surface area contributed by atoms with Crippen LogP contribution in [0.5, 0.6) is 0 Å². The Labute approximate surface area is 244 Å². The van der Waals surface area contributed by atoms with Crippen LogP contribution in [0.25, 0.3) is 0 Å². The molecule has 2 aromatic carbocycles. The van der Waals surface area contributed by atoms with Crippen LogP contribution in [-0.2, 0) is 19.2 Å². The SMILES string of the molecule is C=CCN1C(=O)C(=O)N(NC(=O)c2ccc(Nc3ccccc3C(=O)NN3C(=O)C(=O)N(CC=C)C3=S)cc2)C1=S. The predicted octanol–water partition coefficient (Wildman–Crippen LogP) is 1.00. The number of nitrogens with zero attached hydrogens (tertiary/aromatic N) is 4. The quantitative estimate of drug-likeness (QED) is 0.209. The van der Waals surface area contributed by atoms with Gasteiger partial charge in [-0.15, -0.1) is 13.2 Å². The second-order valence-electron chi connectivity index (χ2n) is 8.38. The number of amides is 6. The minimum atomic E-state index is -1.00. The maximum atomic E-state index is 13.0. The standard InChI is InChI=1S/C26H21N7O6S2/c1-3-13-30-21(36)23(38)32(25(30)40)28-19(34)15-9-11-16(12-10-15)27-18-8-6-5-7-17(18)20(35)29-33-24(39)22(37)31(14-4-2)26(33)41/h3-12,27H,1-2,13-14H2,(H,28,34)(H,29,35). The van der Waals surface area contributed by atoms with E-state index in [2.05, 4.69) is 29.3 Å². The lowest BCUT2D eigenvalue weighted by Gasteiger charge is -2.19. The highest BCUT2D eigenvalue weighted by Crippen LogP contribution is 2.22. The van der Waals surface area contributed by atoms with Crippen LogP contribution < -0.4 is 16.2 Å². The molecule has 15 heteroatoms. The summed E-state index contributed by atoms with van der Waals surface area (Å²) in [7, 11) is 0. The molecule has 0 unspecified atom stereocenters. The Morgan fingerprint density at radius 2 is 1.20 bits per heavy atom. The van der Waals surface area contributed by atoms with Gasteiger partial charge >= 0.3 is 23.6 Å². The number of hydrogen-bond acceptors (Lipinski definition) is 9. The number of rotatable bonds is 10. The first-order chi connectivity index (χ1) is 19.6. The van der Waals surface area contributed by atoms with E-state index in [4.69, 9.17) is 24.4 Å². The van der Waals surface area contributed by atoms with Gasteiger partial charge in [0, 0.05) is 24.3 Å². The Hall–Kier alpha value is -5.28. The number of hydrazine groups is 2. The van der Waals surface area contributed by atoms with E-state index < -0.39 is 35.4 Å². The molecule has 0 saturated carbocycles. The van der Waals surface area contributed by atoms with Crippen LogP contribution in [0, 0.1) is 0 Å². The number of carbonyl (C=O) groups excluding carboxylic acids is 6. The molecule has 2 aliphatic rings. The monoisotopic (exact) mass is 591 g/mol. The number of thiocarbonyl (C=S) groups is 2. The van der Waals surface area contributed by atoms with Gasteiger partial charge in [-0.3, -0.25) is 49.4 Å². The molecule has 4 rings (SSSR count). The third-order valence-corrected chi connectivity index (χ3v) is 6.56. The number of benzene rings is 2. The smallest absolute Gasteiger partial charge is 0.337 e. The molecule has 2 aliphatic heterocycles. The Morgan fingerprint density at radius 1 is 0.707 bits per heavy atom. The van der Waals surface area contributed by atoms with Gasteiger partial charge in [-0.1, -0.05) is 24.3 Å². The van der Waals surface area contributed by atoms with Gasteiger partial charge in [0.05, 0.1) is 11.3 Å². The van der Waals surface area contributed by atoms with Crippen LogP contribution in [0.4, 0.5) is 11.4 Å². The number of hydrogen-bond donors (Lipinski definition) is 3. The Balaban J connectivity index is 1.44. The molecule has 13 nitrogen and oxygen atoms in total. The van der Waals surface area contributed by atoms with Crippen LogP contribution in [0.3, 0.4) is 0 Å². The zero-order valence-corrected chi connectivity index (χ0v) is 22.8. The van der Waals surface area contributed by atoms with E-state index in [1.165, 1.54) is 30.4 Å². The first-order valence-corrected chi connectivity index (χ1v) is 12.6. The molecule has 0 aromatic heterocycles. The molecule has 2 aromatic rings. The van der Waals surface area contributed by atoms with Crippen LogP contribution in [-0.4, -0.2) is 78.6 Å². The molecule has 0 aliphatic carbocycles. The van der Waals surface area contributed by atoms with Crippen LogP contribution in [0.2, 0.25) is 0 Å². The molecule has 0 radical (unpaired) electrons. The normalized spacial score (nSPS) is 15.0. The van der Waals surface area contributed by atoms with Crippen molar-refractivity contribution in [3.8, 4) is 0 Å². The molecule has 2 fully saturated rings. The highest BCUT2D eigenvalue weighted by Gasteiger charge is 2.43. The number of carbonyl (C=O) groups is 6. The van der Waals surface area contributed by atoms with E-state index in [0.29, 0.717) is 21.4 Å². The largest absolute Gasteiger partial charge is 0.355 e. The molecule has 41 heavy (non-hydrogen) atoms. The Bertz CT molecular complexity index is 1540. The van der Waals surface area contributed by atoms with Crippen molar-refractivity contribution in [2.75, 3.05) is 18.4 Å². The Kier molecular flexibility index (Phi) is 8.30. The first-order valence-electron chi connectivity index (χ1n) is 11.8. The van der Waals surface area contributed by atoms with Crippen molar-refractivity contribution < 1.29 is 28.8 Å². The number of nitrogens with one attached hydrogen (secondary N) is 3. The molecular weight excluding hydrogens is 570 g/mol. The summed E-state index contributed by atoms with van der Waals surface area (Å²) in [5.41, 5.74) is 5.80. The highest BCUT2D eigenvalue weighted by atomic mass is 32.1. The zero-order chi connectivity index (χ0) is 29.8. The molecule has 6 amide bonds. The third kappa shape index (κ3) is 5.57. The van der Waals surface area contributed by atoms with Crippen molar-refractivity contribution in [1.29, 1.82) is 0 Å². The van der Waals surface area contributed by atoms with Crippen molar-refractivity contribution >= 4 is 81.5 Å². The van der Waals surface area contributed by atoms with Crippen molar-refractivity contribution in [3.05, 3.63) is 85.0 Å². The predicted molar refractivity (Wildman–Crippen MR) is 154 cm³/mol. The molecule has 2 heterocycles. The van der Waals surface area contributed by atoms with Crippen LogP contribution in [0.15, 0.2) is 73.8 Å². The van der Waals surface area contributed by atoms with E-state index >= 15 is 0 Å². The molecule has 0 bridgehead atoms. The van der Waals surface area contributed by atoms with E-state index in [1.54, 1.807) is 30.3 Å². The van der Waals surface area contributed by atoms with E-state index in [9.17, 15) is 28.8 Å². The number of anilines is 2. The summed E-state index contributed by atoms with van der Waals surface area (Å²) in [5.74, 6) is -5.16. The van der Waals surface area contributed by atoms with E-state index in [1.807, 2.05) is 0 Å². The lowest BCUT2D eigenvalue weighted by Crippen LogP contribution is -2.47. The maximum Gasteiger partial charge on any atom is 0.337 e. The molecule has 0 atom stereocenters.